The molecule has 0 unspecified atom stereocenters. The first-order chi connectivity index (χ1) is 20.2. The lowest BCUT2D eigenvalue weighted by Gasteiger charge is -2.31. The molecule has 1 aromatic heterocycles. The van der Waals surface area contributed by atoms with Crippen LogP contribution in [-0.2, 0) is 29.7 Å². The minimum atomic E-state index is -4.58. The molecule has 1 fully saturated rings. The highest BCUT2D eigenvalue weighted by Crippen LogP contribution is 2.33. The number of anilines is 2. The third kappa shape index (κ3) is 6.51. The molecule has 0 amide bonds. The van der Waals surface area contributed by atoms with Crippen LogP contribution in [0.2, 0.25) is 5.02 Å². The van der Waals surface area contributed by atoms with Gasteiger partial charge in [0, 0.05) is 13.1 Å². The predicted octanol–water partition coefficient (Wildman–Crippen LogP) is 6.54. The standard InChI is InChI=1S/C31H31ClF2N4O3S/c1-21-15-25(41-2)12-11-23(21)20-38(31-10-5-9-30(34)36-31)42(39,40)29-16-26(32)28(17-27(29)33)35-18-22-7-3-4-8-24(22)19-37-13-6-14-37/h3-5,7-12,15-17,35H,6,13-14,18-20H2,1-2H3. The summed E-state index contributed by atoms with van der Waals surface area (Å²) in [5.41, 5.74) is 3.79. The molecule has 1 saturated heterocycles. The van der Waals surface area contributed by atoms with Crippen LogP contribution in [0.4, 0.5) is 20.3 Å². The van der Waals surface area contributed by atoms with Crippen molar-refractivity contribution in [2.24, 2.45) is 0 Å². The third-order valence-electron chi connectivity index (χ3n) is 7.34. The monoisotopic (exact) mass is 612 g/mol. The minimum absolute atomic E-state index is 0.0305. The van der Waals surface area contributed by atoms with Crippen LogP contribution in [0.5, 0.6) is 5.75 Å². The van der Waals surface area contributed by atoms with Crippen molar-refractivity contribution in [3.05, 3.63) is 112 Å². The summed E-state index contributed by atoms with van der Waals surface area (Å²) >= 11 is 6.51. The van der Waals surface area contributed by atoms with Gasteiger partial charge in [-0.3, -0.25) is 4.90 Å². The number of nitrogens with one attached hydrogen (secondary N) is 1. The molecule has 220 valence electrons. The summed E-state index contributed by atoms with van der Waals surface area (Å²) in [6.45, 7) is 4.91. The van der Waals surface area contributed by atoms with Gasteiger partial charge in [0.15, 0.2) is 0 Å². The Balaban J connectivity index is 1.44. The summed E-state index contributed by atoms with van der Waals surface area (Å²) in [6.07, 6.45) is 1.19. The van der Waals surface area contributed by atoms with Gasteiger partial charge in [0.05, 0.1) is 24.4 Å². The van der Waals surface area contributed by atoms with Crippen LogP contribution >= 0.6 is 11.6 Å². The number of methoxy groups -OCH3 is 1. The lowest BCUT2D eigenvalue weighted by molar-refractivity contribution is 0.172. The lowest BCUT2D eigenvalue weighted by atomic mass is 10.1. The molecule has 0 radical (unpaired) electrons. The molecule has 42 heavy (non-hydrogen) atoms. The molecular formula is C31H31ClF2N4O3S. The number of pyridine rings is 1. The molecule has 2 heterocycles. The van der Waals surface area contributed by atoms with E-state index in [0.717, 1.165) is 58.8 Å². The molecule has 0 saturated carbocycles. The smallest absolute Gasteiger partial charge is 0.268 e. The van der Waals surface area contributed by atoms with Crippen LogP contribution in [-0.4, -0.2) is 38.5 Å². The van der Waals surface area contributed by atoms with Crippen molar-refractivity contribution in [2.75, 3.05) is 29.8 Å². The quantitative estimate of drug-likeness (QED) is 0.194. The number of hydrogen-bond donors (Lipinski definition) is 1. The van der Waals surface area contributed by atoms with E-state index >= 15 is 4.39 Å². The van der Waals surface area contributed by atoms with E-state index in [1.807, 2.05) is 18.2 Å². The Hall–Kier alpha value is -3.73. The van der Waals surface area contributed by atoms with Crippen LogP contribution in [0.25, 0.3) is 0 Å². The summed E-state index contributed by atoms with van der Waals surface area (Å²) in [5, 5.41) is 3.18. The normalized spacial score (nSPS) is 13.5. The lowest BCUT2D eigenvalue weighted by Crippen LogP contribution is -2.36. The fourth-order valence-electron chi connectivity index (χ4n) is 4.79. The maximum Gasteiger partial charge on any atom is 0.268 e. The van der Waals surface area contributed by atoms with Gasteiger partial charge in [-0.2, -0.15) is 4.39 Å². The summed E-state index contributed by atoms with van der Waals surface area (Å²) in [5.74, 6) is -1.46. The van der Waals surface area contributed by atoms with Crippen LogP contribution in [0.1, 0.15) is 28.7 Å². The Morgan fingerprint density at radius 2 is 1.76 bits per heavy atom. The highest BCUT2D eigenvalue weighted by Gasteiger charge is 2.31. The van der Waals surface area contributed by atoms with E-state index in [4.69, 9.17) is 16.3 Å². The number of aryl methyl sites for hydroxylation is 1. The molecular weight excluding hydrogens is 582 g/mol. The van der Waals surface area contributed by atoms with Gasteiger partial charge in [0.25, 0.3) is 10.0 Å². The van der Waals surface area contributed by atoms with E-state index < -0.39 is 26.7 Å². The molecule has 0 atom stereocenters. The topological polar surface area (TPSA) is 74.8 Å². The minimum Gasteiger partial charge on any atom is -0.497 e. The van der Waals surface area contributed by atoms with E-state index in [2.05, 4.69) is 21.3 Å². The highest BCUT2D eigenvalue weighted by molar-refractivity contribution is 7.92. The molecule has 11 heteroatoms. The van der Waals surface area contributed by atoms with Gasteiger partial charge in [0.2, 0.25) is 5.95 Å². The zero-order chi connectivity index (χ0) is 29.9. The van der Waals surface area contributed by atoms with Gasteiger partial charge in [-0.05, 0) is 85.1 Å². The Kier molecular flexibility index (Phi) is 8.96. The maximum atomic E-state index is 15.6. The number of benzene rings is 3. The first-order valence-electron chi connectivity index (χ1n) is 13.5. The Bertz CT molecular complexity index is 1700. The average molecular weight is 613 g/mol. The molecule has 3 aromatic carbocycles. The molecule has 0 spiro atoms. The van der Waals surface area contributed by atoms with Gasteiger partial charge in [-0.25, -0.2) is 22.1 Å². The number of ether oxygens (including phenoxy) is 1. The summed E-state index contributed by atoms with van der Waals surface area (Å²) in [6, 6.07) is 19.1. The van der Waals surface area contributed by atoms with Gasteiger partial charge in [0.1, 0.15) is 22.3 Å². The first kappa shape index (κ1) is 29.8. The molecule has 0 bridgehead atoms. The van der Waals surface area contributed by atoms with E-state index in [1.165, 1.54) is 25.7 Å². The number of nitrogens with zero attached hydrogens (tertiary/aromatic N) is 3. The predicted molar refractivity (Wildman–Crippen MR) is 160 cm³/mol. The SMILES string of the molecule is COc1ccc(CN(c2cccc(F)n2)S(=O)(=O)c2cc(Cl)c(NCc3ccccc3CN3CCC3)cc2F)c(C)c1. The van der Waals surface area contributed by atoms with E-state index in [0.29, 0.717) is 17.9 Å². The molecule has 7 nitrogen and oxygen atoms in total. The number of halogens is 3. The molecule has 1 N–H and O–H groups in total. The van der Waals surface area contributed by atoms with Crippen molar-refractivity contribution < 1.29 is 21.9 Å². The first-order valence-corrected chi connectivity index (χ1v) is 15.3. The van der Waals surface area contributed by atoms with Gasteiger partial charge < -0.3 is 10.1 Å². The maximum absolute atomic E-state index is 15.6. The van der Waals surface area contributed by atoms with Crippen LogP contribution in [0.15, 0.2) is 77.7 Å². The van der Waals surface area contributed by atoms with E-state index in [-0.39, 0.29) is 23.1 Å². The summed E-state index contributed by atoms with van der Waals surface area (Å²) in [7, 11) is -3.05. The Morgan fingerprint density at radius 3 is 2.43 bits per heavy atom. The zero-order valence-electron chi connectivity index (χ0n) is 23.3. The second-order valence-electron chi connectivity index (χ2n) is 10.1. The van der Waals surface area contributed by atoms with Crippen molar-refractivity contribution in [1.29, 1.82) is 0 Å². The number of hydrogen-bond acceptors (Lipinski definition) is 6. The molecule has 4 aromatic rings. The largest absolute Gasteiger partial charge is 0.497 e. The molecule has 1 aliphatic rings. The number of rotatable bonds is 11. The fraction of sp³-hybridized carbons (Fsp3) is 0.258. The van der Waals surface area contributed by atoms with Crippen molar-refractivity contribution in [1.82, 2.24) is 9.88 Å². The van der Waals surface area contributed by atoms with Crippen molar-refractivity contribution in [3.8, 4) is 5.75 Å². The number of likely N-dealkylation sites (tertiary alicyclic amines) is 1. The van der Waals surface area contributed by atoms with Crippen molar-refractivity contribution in [3.63, 3.8) is 0 Å². The summed E-state index contributed by atoms with van der Waals surface area (Å²) < 4.78 is 63.7. The summed E-state index contributed by atoms with van der Waals surface area (Å²) in [4.78, 5) is 5.48. The number of aromatic nitrogens is 1. The van der Waals surface area contributed by atoms with Gasteiger partial charge >= 0.3 is 0 Å². The number of sulfonamides is 1. The van der Waals surface area contributed by atoms with Crippen LogP contribution in [0.3, 0.4) is 0 Å². The Labute approximate surface area is 249 Å². The fourth-order valence-corrected chi connectivity index (χ4v) is 6.55. The molecule has 5 rings (SSSR count). The highest BCUT2D eigenvalue weighted by atomic mass is 35.5. The van der Waals surface area contributed by atoms with Crippen molar-refractivity contribution >= 4 is 33.1 Å². The second kappa shape index (κ2) is 12.6. The van der Waals surface area contributed by atoms with Crippen molar-refractivity contribution in [2.45, 2.75) is 37.9 Å². The van der Waals surface area contributed by atoms with Crippen LogP contribution in [0, 0.1) is 18.7 Å². The second-order valence-corrected chi connectivity index (χ2v) is 12.4. The zero-order valence-corrected chi connectivity index (χ0v) is 24.9. The molecule has 1 aliphatic heterocycles. The van der Waals surface area contributed by atoms with E-state index in [9.17, 15) is 12.8 Å². The third-order valence-corrected chi connectivity index (χ3v) is 9.42. The molecule has 0 aliphatic carbocycles. The van der Waals surface area contributed by atoms with E-state index in [1.54, 1.807) is 25.1 Å². The average Bonchev–Trinajstić information content (AvgIpc) is 2.94. The van der Waals surface area contributed by atoms with Gasteiger partial charge in [-0.15, -0.1) is 0 Å². The van der Waals surface area contributed by atoms with Crippen LogP contribution < -0.4 is 14.4 Å². The van der Waals surface area contributed by atoms with Gasteiger partial charge in [-0.1, -0.05) is 48.0 Å². The Morgan fingerprint density at radius 1 is 1.00 bits per heavy atom.